The van der Waals surface area contributed by atoms with E-state index in [4.69, 9.17) is 21.7 Å². The lowest BCUT2D eigenvalue weighted by molar-refractivity contribution is -0.116. The molecule has 1 rings (SSSR count). The van der Waals surface area contributed by atoms with Crippen LogP contribution in [0.2, 0.25) is 0 Å². The number of methoxy groups -OCH3 is 2. The summed E-state index contributed by atoms with van der Waals surface area (Å²) in [7, 11) is 3.22. The van der Waals surface area contributed by atoms with Gasteiger partial charge in [0.25, 0.3) is 5.91 Å². The highest BCUT2D eigenvalue weighted by molar-refractivity contribution is 7.80. The van der Waals surface area contributed by atoms with Crippen LogP contribution in [0, 0.1) is 0 Å². The van der Waals surface area contributed by atoms with Gasteiger partial charge in [-0.1, -0.05) is 12.1 Å². The molecule has 6 nitrogen and oxygen atoms in total. The first kappa shape index (κ1) is 17.9. The van der Waals surface area contributed by atoms with Crippen LogP contribution in [0.15, 0.2) is 30.3 Å². The van der Waals surface area contributed by atoms with Crippen LogP contribution in [0.3, 0.4) is 0 Å². The van der Waals surface area contributed by atoms with Gasteiger partial charge in [-0.3, -0.25) is 15.6 Å². The Hall–Kier alpha value is -2.12. The number of thiocarbonyl (C=S) groups is 1. The van der Waals surface area contributed by atoms with Crippen LogP contribution in [0.5, 0.6) is 5.75 Å². The van der Waals surface area contributed by atoms with E-state index in [9.17, 15) is 4.79 Å². The lowest BCUT2D eigenvalue weighted by atomic mass is 10.2. The summed E-state index contributed by atoms with van der Waals surface area (Å²) >= 11 is 5.04. The van der Waals surface area contributed by atoms with E-state index in [1.54, 1.807) is 20.3 Å². The normalized spacial score (nSPS) is 11.8. The molecule has 1 aromatic carbocycles. The van der Waals surface area contributed by atoms with Gasteiger partial charge in [-0.25, -0.2) is 0 Å². The molecule has 0 unspecified atom stereocenters. The van der Waals surface area contributed by atoms with Crippen molar-refractivity contribution in [3.63, 3.8) is 0 Å². The first-order chi connectivity index (χ1) is 10.5. The number of ether oxygens (including phenoxy) is 2. The summed E-state index contributed by atoms with van der Waals surface area (Å²) in [5.74, 6) is 0.462. The summed E-state index contributed by atoms with van der Waals surface area (Å²) in [6.45, 7) is 2.44. The maximum absolute atomic E-state index is 11.7. The highest BCUT2D eigenvalue weighted by Gasteiger charge is 2.03. The molecule has 3 N–H and O–H groups in total. The van der Waals surface area contributed by atoms with Crippen LogP contribution in [-0.4, -0.2) is 37.9 Å². The molecule has 0 aliphatic heterocycles. The average molecular weight is 323 g/mol. The summed E-state index contributed by atoms with van der Waals surface area (Å²) in [6.07, 6.45) is 3.11. The number of hydrazine groups is 1. The second kappa shape index (κ2) is 9.75. The van der Waals surface area contributed by atoms with E-state index in [0.717, 1.165) is 11.3 Å². The first-order valence-electron chi connectivity index (χ1n) is 6.72. The molecule has 0 aliphatic rings. The molecule has 120 valence electrons. The monoisotopic (exact) mass is 323 g/mol. The van der Waals surface area contributed by atoms with Crippen molar-refractivity contribution in [1.29, 1.82) is 0 Å². The first-order valence-corrected chi connectivity index (χ1v) is 7.13. The molecular formula is C15H21N3O3S. The Bertz CT molecular complexity index is 517. The molecular weight excluding hydrogens is 302 g/mol. The number of benzene rings is 1. The van der Waals surface area contributed by atoms with Gasteiger partial charge in [0.15, 0.2) is 5.11 Å². The maximum Gasteiger partial charge on any atom is 0.262 e. The molecule has 7 heteroatoms. The van der Waals surface area contributed by atoms with E-state index < -0.39 is 0 Å². The minimum absolute atomic E-state index is 0.0525. The molecule has 0 bridgehead atoms. The van der Waals surface area contributed by atoms with E-state index in [0.29, 0.717) is 11.7 Å². The zero-order valence-corrected chi connectivity index (χ0v) is 13.7. The highest BCUT2D eigenvalue weighted by Crippen LogP contribution is 2.11. The van der Waals surface area contributed by atoms with E-state index in [2.05, 4.69) is 16.2 Å². The Kier molecular flexibility index (Phi) is 7.95. The Morgan fingerprint density at radius 1 is 1.27 bits per heavy atom. The fourth-order valence-corrected chi connectivity index (χ4v) is 1.85. The van der Waals surface area contributed by atoms with Gasteiger partial charge >= 0.3 is 0 Å². The standard InChI is InChI=1S/C15H21N3O3S/c1-11(10-20-2)16-15(22)18-17-14(19)9-6-12-4-7-13(21-3)8-5-12/h4-9,11H,10H2,1-3H3,(H,17,19)(H2,16,18,22)/b9-6+/t11-/m0/s1. The maximum atomic E-state index is 11.7. The second-order valence-electron chi connectivity index (χ2n) is 4.55. The Morgan fingerprint density at radius 3 is 2.55 bits per heavy atom. The van der Waals surface area contributed by atoms with Gasteiger partial charge in [-0.2, -0.15) is 0 Å². The fraction of sp³-hybridized carbons (Fsp3) is 0.333. The van der Waals surface area contributed by atoms with E-state index in [1.165, 1.54) is 6.08 Å². The highest BCUT2D eigenvalue weighted by atomic mass is 32.1. The molecule has 1 amide bonds. The van der Waals surface area contributed by atoms with Crippen molar-refractivity contribution in [1.82, 2.24) is 16.2 Å². The number of carbonyl (C=O) groups is 1. The van der Waals surface area contributed by atoms with Gasteiger partial charge in [0, 0.05) is 19.2 Å². The molecule has 1 aromatic rings. The molecule has 0 saturated carbocycles. The molecule has 22 heavy (non-hydrogen) atoms. The van der Waals surface area contributed by atoms with Crippen LogP contribution >= 0.6 is 12.2 Å². The van der Waals surface area contributed by atoms with Crippen LogP contribution in [0.25, 0.3) is 6.08 Å². The quantitative estimate of drug-likeness (QED) is 0.416. The van der Waals surface area contributed by atoms with E-state index >= 15 is 0 Å². The summed E-state index contributed by atoms with van der Waals surface area (Å²) in [5.41, 5.74) is 5.99. The largest absolute Gasteiger partial charge is 0.497 e. The molecule has 0 heterocycles. The van der Waals surface area contributed by atoms with Crippen molar-refractivity contribution in [3.8, 4) is 5.75 Å². The van der Waals surface area contributed by atoms with Crippen molar-refractivity contribution < 1.29 is 14.3 Å². The molecule has 0 spiro atoms. The molecule has 0 aromatic heterocycles. The van der Waals surface area contributed by atoms with Crippen molar-refractivity contribution in [2.75, 3.05) is 20.8 Å². The van der Waals surface area contributed by atoms with Crippen molar-refractivity contribution >= 4 is 29.3 Å². The number of hydrogen-bond acceptors (Lipinski definition) is 4. The summed E-state index contributed by atoms with van der Waals surface area (Å²) in [4.78, 5) is 11.7. The Morgan fingerprint density at radius 2 is 1.95 bits per heavy atom. The van der Waals surface area contributed by atoms with Crippen molar-refractivity contribution in [2.24, 2.45) is 0 Å². The number of rotatable bonds is 6. The van der Waals surface area contributed by atoms with Gasteiger partial charge in [0.05, 0.1) is 13.7 Å². The van der Waals surface area contributed by atoms with Gasteiger partial charge < -0.3 is 14.8 Å². The van der Waals surface area contributed by atoms with Crippen LogP contribution in [0.1, 0.15) is 12.5 Å². The van der Waals surface area contributed by atoms with Crippen molar-refractivity contribution in [3.05, 3.63) is 35.9 Å². The Balaban J connectivity index is 2.35. The third kappa shape index (κ3) is 7.05. The zero-order valence-electron chi connectivity index (χ0n) is 12.9. The number of hydrogen-bond donors (Lipinski definition) is 3. The van der Waals surface area contributed by atoms with Gasteiger partial charge in [-0.05, 0) is 42.9 Å². The summed E-state index contributed by atoms with van der Waals surface area (Å²) in [5, 5.41) is 3.29. The second-order valence-corrected chi connectivity index (χ2v) is 4.96. The van der Waals surface area contributed by atoms with Crippen LogP contribution in [-0.2, 0) is 9.53 Å². The molecule has 0 fully saturated rings. The predicted octanol–water partition coefficient (Wildman–Crippen LogP) is 1.24. The molecule has 0 saturated heterocycles. The lowest BCUT2D eigenvalue weighted by Gasteiger charge is -2.15. The van der Waals surface area contributed by atoms with Crippen LogP contribution in [0.4, 0.5) is 0 Å². The minimum atomic E-state index is -0.306. The van der Waals surface area contributed by atoms with Crippen molar-refractivity contribution in [2.45, 2.75) is 13.0 Å². The topological polar surface area (TPSA) is 71.6 Å². The number of carbonyl (C=O) groups excluding carboxylic acids is 1. The summed E-state index contributed by atoms with van der Waals surface area (Å²) in [6, 6.07) is 7.42. The van der Waals surface area contributed by atoms with E-state index in [1.807, 2.05) is 31.2 Å². The fourth-order valence-electron chi connectivity index (χ4n) is 1.60. The predicted molar refractivity (Wildman–Crippen MR) is 90.4 cm³/mol. The zero-order chi connectivity index (χ0) is 16.4. The van der Waals surface area contributed by atoms with Crippen LogP contribution < -0.4 is 20.9 Å². The number of amides is 1. The van der Waals surface area contributed by atoms with Gasteiger partial charge in [0.2, 0.25) is 0 Å². The smallest absolute Gasteiger partial charge is 0.262 e. The Labute approximate surface area is 135 Å². The number of nitrogens with one attached hydrogen (secondary N) is 3. The van der Waals surface area contributed by atoms with E-state index in [-0.39, 0.29) is 11.9 Å². The SMILES string of the molecule is COC[C@H](C)NC(=S)NNC(=O)/C=C/c1ccc(OC)cc1. The third-order valence-electron chi connectivity index (χ3n) is 2.64. The average Bonchev–Trinajstić information content (AvgIpc) is 2.51. The minimum Gasteiger partial charge on any atom is -0.497 e. The molecule has 0 radical (unpaired) electrons. The molecule has 0 aliphatic carbocycles. The van der Waals surface area contributed by atoms with Gasteiger partial charge in [-0.15, -0.1) is 0 Å². The summed E-state index contributed by atoms with van der Waals surface area (Å²) < 4.78 is 10.0. The third-order valence-corrected chi connectivity index (χ3v) is 2.86. The van der Waals surface area contributed by atoms with Gasteiger partial charge in [0.1, 0.15) is 5.75 Å². The molecule has 1 atom stereocenters. The lowest BCUT2D eigenvalue weighted by Crippen LogP contribution is -2.49.